The van der Waals surface area contributed by atoms with Gasteiger partial charge >= 0.3 is 0 Å². The molecule has 0 saturated carbocycles. The summed E-state index contributed by atoms with van der Waals surface area (Å²) in [5.41, 5.74) is 0. The van der Waals surface area contributed by atoms with Gasteiger partial charge in [0.15, 0.2) is 0 Å². The van der Waals surface area contributed by atoms with Crippen LogP contribution in [0.15, 0.2) is 0 Å². The van der Waals surface area contributed by atoms with Crippen LogP contribution in [0.1, 0.15) is 6.92 Å². The van der Waals surface area contributed by atoms with E-state index in [2.05, 4.69) is 10.6 Å². The smallest absolute Gasteiger partial charge is 0.109 e. The number of rotatable bonds is 1. The van der Waals surface area contributed by atoms with Crippen molar-refractivity contribution in [2.75, 3.05) is 19.7 Å². The normalized spacial score (nSPS) is 47.4. The van der Waals surface area contributed by atoms with Crippen molar-refractivity contribution < 1.29 is 35.7 Å². The molecule has 0 aromatic rings. The minimum absolute atomic E-state index is 0.140. The third-order valence-corrected chi connectivity index (χ3v) is 3.85. The van der Waals surface area contributed by atoms with Crippen molar-refractivity contribution in [3.05, 3.63) is 0 Å². The van der Waals surface area contributed by atoms with Crippen molar-refractivity contribution in [2.24, 2.45) is 0 Å². The van der Waals surface area contributed by atoms with Gasteiger partial charge in [-0.3, -0.25) is 0 Å². The average Bonchev–Trinajstić information content (AvgIpc) is 2.48. The number of hydrogen-bond donors (Lipinski definition) is 9. The van der Waals surface area contributed by atoms with Gasteiger partial charge in [-0.1, -0.05) is 0 Å². The third-order valence-electron chi connectivity index (χ3n) is 3.85. The van der Waals surface area contributed by atoms with E-state index in [-0.39, 0.29) is 19.2 Å². The number of hydrogen-bond acceptors (Lipinski definition) is 9. The zero-order valence-electron chi connectivity index (χ0n) is 11.9. The second-order valence-electron chi connectivity index (χ2n) is 5.49. The van der Waals surface area contributed by atoms with Crippen LogP contribution in [0.3, 0.4) is 0 Å². The molecule has 0 aliphatic carbocycles. The molecule has 126 valence electrons. The standard InChI is InChI=1S/C6H13NO4.C6H13NO3/c8-2-3-5(10)6(11)4(9)1-7-3;1-3-5(9)6(10)4(8)2-7-3/h3-11H,1-2H2;3-10H,2H2,1H3/t3?,4?,5-,6-;3-,4?,5?,6-/m01/s1. The lowest BCUT2D eigenvalue weighted by Crippen LogP contribution is -2.60. The molecule has 9 nitrogen and oxygen atoms in total. The second-order valence-corrected chi connectivity index (χ2v) is 5.49. The highest BCUT2D eigenvalue weighted by atomic mass is 16.4. The minimum Gasteiger partial charge on any atom is -0.395 e. The van der Waals surface area contributed by atoms with E-state index in [1.54, 1.807) is 6.92 Å². The van der Waals surface area contributed by atoms with E-state index in [0.29, 0.717) is 6.54 Å². The van der Waals surface area contributed by atoms with Gasteiger partial charge in [0.25, 0.3) is 0 Å². The topological polar surface area (TPSA) is 166 Å². The summed E-state index contributed by atoms with van der Waals surface area (Å²) in [4.78, 5) is 0. The van der Waals surface area contributed by atoms with Gasteiger partial charge in [0.05, 0.1) is 37.1 Å². The lowest BCUT2D eigenvalue weighted by Gasteiger charge is -2.34. The van der Waals surface area contributed by atoms with Crippen molar-refractivity contribution in [1.82, 2.24) is 10.6 Å². The summed E-state index contributed by atoms with van der Waals surface area (Å²) in [5, 5.41) is 68.7. The number of aliphatic hydroxyl groups is 7. The Morgan fingerprint density at radius 2 is 1.24 bits per heavy atom. The number of piperidine rings is 2. The first-order valence-electron chi connectivity index (χ1n) is 6.95. The van der Waals surface area contributed by atoms with Gasteiger partial charge in [-0.25, -0.2) is 0 Å². The fourth-order valence-corrected chi connectivity index (χ4v) is 2.22. The molecular formula is C12H26N2O7. The summed E-state index contributed by atoms with van der Waals surface area (Å²) in [7, 11) is 0. The maximum Gasteiger partial charge on any atom is 0.109 e. The van der Waals surface area contributed by atoms with Crippen LogP contribution in [0, 0.1) is 0 Å². The summed E-state index contributed by atoms with van der Waals surface area (Å²) in [6.45, 7) is 2.06. The molecule has 4 unspecified atom stereocenters. The molecule has 9 heteroatoms. The Morgan fingerprint density at radius 3 is 1.71 bits per heavy atom. The van der Waals surface area contributed by atoms with Gasteiger partial charge in [-0.05, 0) is 6.92 Å². The minimum atomic E-state index is -1.16. The second kappa shape index (κ2) is 8.32. The number of nitrogens with one attached hydrogen (secondary N) is 2. The molecule has 0 bridgehead atoms. The average molecular weight is 310 g/mol. The Morgan fingerprint density at radius 1 is 0.762 bits per heavy atom. The number of aliphatic hydroxyl groups excluding tert-OH is 7. The molecule has 21 heavy (non-hydrogen) atoms. The first-order valence-corrected chi connectivity index (χ1v) is 6.95. The van der Waals surface area contributed by atoms with E-state index in [1.165, 1.54) is 0 Å². The van der Waals surface area contributed by atoms with E-state index in [0.717, 1.165) is 0 Å². The Hall–Kier alpha value is -0.360. The van der Waals surface area contributed by atoms with Crippen LogP contribution in [0.2, 0.25) is 0 Å². The predicted octanol–water partition coefficient (Wildman–Crippen LogP) is -4.91. The largest absolute Gasteiger partial charge is 0.395 e. The van der Waals surface area contributed by atoms with Crippen molar-refractivity contribution in [3.63, 3.8) is 0 Å². The SMILES string of the molecule is C[C@H]1NCC(O)[C@@H](O)C1O.OCC1NCC(O)[C@H](O)[C@H]1O. The summed E-state index contributed by atoms with van der Waals surface area (Å²) in [6.07, 6.45) is -5.91. The molecule has 0 amide bonds. The monoisotopic (exact) mass is 310 g/mol. The maximum atomic E-state index is 9.18. The van der Waals surface area contributed by atoms with Crippen LogP contribution in [0.4, 0.5) is 0 Å². The van der Waals surface area contributed by atoms with Gasteiger partial charge in [-0.15, -0.1) is 0 Å². The van der Waals surface area contributed by atoms with E-state index in [4.69, 9.17) is 30.6 Å². The molecule has 9 N–H and O–H groups in total. The van der Waals surface area contributed by atoms with Crippen LogP contribution in [-0.4, -0.2) is 104 Å². The van der Waals surface area contributed by atoms with Crippen molar-refractivity contribution in [2.45, 2.75) is 55.6 Å². The summed E-state index contributed by atoms with van der Waals surface area (Å²) in [6, 6.07) is -0.674. The van der Waals surface area contributed by atoms with Crippen LogP contribution >= 0.6 is 0 Å². The van der Waals surface area contributed by atoms with Gasteiger partial charge in [0.2, 0.25) is 0 Å². The molecule has 0 radical (unpaired) electrons. The number of β-amino-alcohol motifs (C(OH)–C–C–N with tert-alkyl or cyclic N) is 2. The molecule has 0 aromatic heterocycles. The van der Waals surface area contributed by atoms with Crippen LogP contribution < -0.4 is 10.6 Å². The Balaban J connectivity index is 0.000000211. The maximum absolute atomic E-state index is 9.18. The molecule has 2 aliphatic heterocycles. The van der Waals surface area contributed by atoms with Crippen LogP contribution in [0.25, 0.3) is 0 Å². The molecule has 0 aromatic carbocycles. The van der Waals surface area contributed by atoms with Crippen LogP contribution in [-0.2, 0) is 0 Å². The van der Waals surface area contributed by atoms with Gasteiger partial charge in [0, 0.05) is 19.1 Å². The Labute approximate surface area is 122 Å². The quantitative estimate of drug-likeness (QED) is 0.231. The van der Waals surface area contributed by atoms with Crippen molar-refractivity contribution >= 4 is 0 Å². The highest BCUT2D eigenvalue weighted by molar-refractivity contribution is 4.91. The lowest BCUT2D eigenvalue weighted by molar-refractivity contribution is -0.101. The third kappa shape index (κ3) is 4.81. The molecule has 2 heterocycles. The van der Waals surface area contributed by atoms with Gasteiger partial charge in [-0.2, -0.15) is 0 Å². The molecule has 2 aliphatic rings. The fourth-order valence-electron chi connectivity index (χ4n) is 2.22. The predicted molar refractivity (Wildman–Crippen MR) is 72.4 cm³/mol. The highest BCUT2D eigenvalue weighted by Crippen LogP contribution is 2.10. The molecular weight excluding hydrogens is 284 g/mol. The summed E-state index contributed by atoms with van der Waals surface area (Å²) in [5.74, 6) is 0. The van der Waals surface area contributed by atoms with Gasteiger partial charge in [0.1, 0.15) is 12.2 Å². The van der Waals surface area contributed by atoms with E-state index >= 15 is 0 Å². The van der Waals surface area contributed by atoms with E-state index in [9.17, 15) is 5.11 Å². The zero-order valence-corrected chi connectivity index (χ0v) is 11.9. The van der Waals surface area contributed by atoms with E-state index in [1.807, 2.05) is 0 Å². The lowest BCUT2D eigenvalue weighted by atomic mass is 9.97. The molecule has 0 spiro atoms. The van der Waals surface area contributed by atoms with E-state index < -0.39 is 42.7 Å². The van der Waals surface area contributed by atoms with Crippen LogP contribution in [0.5, 0.6) is 0 Å². The van der Waals surface area contributed by atoms with Crippen molar-refractivity contribution in [1.29, 1.82) is 0 Å². The summed E-state index contributed by atoms with van der Waals surface area (Å²) < 4.78 is 0. The Bertz CT molecular complexity index is 293. The first kappa shape index (κ1) is 18.7. The first-order chi connectivity index (χ1) is 9.79. The summed E-state index contributed by atoms with van der Waals surface area (Å²) >= 11 is 0. The zero-order chi connectivity index (χ0) is 16.2. The Kier molecular flexibility index (Phi) is 7.40. The molecule has 2 fully saturated rings. The fraction of sp³-hybridized carbons (Fsp3) is 1.00. The molecule has 8 atom stereocenters. The van der Waals surface area contributed by atoms with Gasteiger partial charge < -0.3 is 46.4 Å². The molecule has 2 rings (SSSR count). The van der Waals surface area contributed by atoms with Crippen molar-refractivity contribution in [3.8, 4) is 0 Å². The molecule has 2 saturated heterocycles. The highest BCUT2D eigenvalue weighted by Gasteiger charge is 2.35.